The third-order valence-corrected chi connectivity index (χ3v) is 6.26. The van der Waals surface area contributed by atoms with E-state index in [1.165, 1.54) is 17.3 Å². The number of hydrogen-bond acceptors (Lipinski definition) is 6. The number of amides is 1. The number of para-hydroxylation sites is 2. The van der Waals surface area contributed by atoms with Crippen LogP contribution in [0.25, 0.3) is 16.4 Å². The second-order valence-corrected chi connectivity index (χ2v) is 8.61. The molecule has 2 aromatic heterocycles. The third kappa shape index (κ3) is 4.98. The minimum atomic E-state index is -0.131. The van der Waals surface area contributed by atoms with E-state index in [1.54, 1.807) is 11.3 Å². The fourth-order valence-corrected chi connectivity index (χ4v) is 4.47. The molecule has 8 heteroatoms. The lowest BCUT2D eigenvalue weighted by Gasteiger charge is -2.12. The van der Waals surface area contributed by atoms with Crippen molar-refractivity contribution in [3.05, 3.63) is 71.6 Å². The summed E-state index contributed by atoms with van der Waals surface area (Å²) in [5.74, 6) is 1.50. The quantitative estimate of drug-likeness (QED) is 0.362. The van der Waals surface area contributed by atoms with Crippen molar-refractivity contribution in [1.82, 2.24) is 14.8 Å². The molecule has 0 radical (unpaired) electrons. The van der Waals surface area contributed by atoms with Crippen LogP contribution in [-0.4, -0.2) is 33.0 Å². The average Bonchev–Trinajstić information content (AvgIpc) is 3.44. The number of anilines is 1. The van der Waals surface area contributed by atoms with Gasteiger partial charge < -0.3 is 10.1 Å². The van der Waals surface area contributed by atoms with Crippen molar-refractivity contribution in [2.45, 2.75) is 19.0 Å². The maximum absolute atomic E-state index is 12.6. The highest BCUT2D eigenvalue weighted by Crippen LogP contribution is 2.31. The minimum absolute atomic E-state index is 0.131. The summed E-state index contributed by atoms with van der Waals surface area (Å²) in [6.07, 6.45) is 0. The van der Waals surface area contributed by atoms with E-state index in [0.717, 1.165) is 16.4 Å². The fourth-order valence-electron chi connectivity index (χ4n) is 3.02. The Bertz CT molecular complexity index is 1150. The molecule has 4 rings (SSSR count). The summed E-state index contributed by atoms with van der Waals surface area (Å²) in [6, 6.07) is 19.6. The number of carbonyl (C=O) groups is 1. The molecule has 158 valence electrons. The Balaban J connectivity index is 1.55. The van der Waals surface area contributed by atoms with Crippen LogP contribution in [0.5, 0.6) is 5.75 Å². The molecular weight excluding hydrogens is 428 g/mol. The van der Waals surface area contributed by atoms with Gasteiger partial charge in [-0.1, -0.05) is 47.7 Å². The van der Waals surface area contributed by atoms with E-state index < -0.39 is 0 Å². The van der Waals surface area contributed by atoms with Gasteiger partial charge in [-0.25, -0.2) is 0 Å². The summed E-state index contributed by atoms with van der Waals surface area (Å²) >= 11 is 2.96. The molecule has 0 unspecified atom stereocenters. The molecule has 2 heterocycles. The van der Waals surface area contributed by atoms with Gasteiger partial charge in [-0.3, -0.25) is 9.36 Å². The van der Waals surface area contributed by atoms with Gasteiger partial charge in [0.05, 0.1) is 22.9 Å². The predicted octanol–water partition coefficient (Wildman–Crippen LogP) is 5.43. The van der Waals surface area contributed by atoms with Gasteiger partial charge in [0, 0.05) is 5.69 Å². The monoisotopic (exact) mass is 450 g/mol. The maximum atomic E-state index is 12.6. The Morgan fingerprint density at radius 3 is 2.65 bits per heavy atom. The van der Waals surface area contributed by atoms with Crippen molar-refractivity contribution in [3.63, 3.8) is 0 Å². The summed E-state index contributed by atoms with van der Waals surface area (Å²) in [6.45, 7) is 4.50. The number of carbonyl (C=O) groups excluding carboxylic acids is 1. The minimum Gasteiger partial charge on any atom is -0.492 e. The summed E-state index contributed by atoms with van der Waals surface area (Å²) in [5.41, 5.74) is 2.80. The molecule has 0 atom stereocenters. The molecule has 0 aliphatic heterocycles. The predicted molar refractivity (Wildman–Crippen MR) is 126 cm³/mol. The second-order valence-electron chi connectivity index (χ2n) is 6.72. The highest BCUT2D eigenvalue weighted by atomic mass is 32.2. The average molecular weight is 451 g/mol. The Labute approximate surface area is 189 Å². The number of ether oxygens (including phenoxy) is 1. The first kappa shape index (κ1) is 21.1. The van der Waals surface area contributed by atoms with Gasteiger partial charge >= 0.3 is 0 Å². The van der Waals surface area contributed by atoms with E-state index in [0.29, 0.717) is 23.2 Å². The zero-order valence-electron chi connectivity index (χ0n) is 17.2. The fraction of sp³-hybridized carbons (Fsp3) is 0.174. The van der Waals surface area contributed by atoms with E-state index in [4.69, 9.17) is 4.74 Å². The van der Waals surface area contributed by atoms with Gasteiger partial charge in [0.15, 0.2) is 11.0 Å². The topological polar surface area (TPSA) is 69.0 Å². The molecule has 1 N–H and O–H groups in total. The van der Waals surface area contributed by atoms with Crippen molar-refractivity contribution in [1.29, 1.82) is 0 Å². The van der Waals surface area contributed by atoms with Gasteiger partial charge in [0.2, 0.25) is 5.91 Å². The first-order valence-corrected chi connectivity index (χ1v) is 11.7. The number of aryl methyl sites for hydroxylation is 1. The highest BCUT2D eigenvalue weighted by molar-refractivity contribution is 7.99. The number of aromatic nitrogens is 3. The van der Waals surface area contributed by atoms with E-state index in [-0.39, 0.29) is 11.7 Å². The summed E-state index contributed by atoms with van der Waals surface area (Å²) in [5, 5.41) is 14.4. The zero-order chi connectivity index (χ0) is 21.6. The van der Waals surface area contributed by atoms with Crippen molar-refractivity contribution in [2.24, 2.45) is 0 Å². The molecule has 0 saturated carbocycles. The van der Waals surface area contributed by atoms with Crippen LogP contribution >= 0.6 is 23.1 Å². The second kappa shape index (κ2) is 9.80. The molecule has 0 fully saturated rings. The number of rotatable bonds is 8. The normalized spacial score (nSPS) is 10.8. The lowest BCUT2D eigenvalue weighted by molar-refractivity contribution is -0.113. The number of nitrogens with zero attached hydrogens (tertiary/aromatic N) is 3. The van der Waals surface area contributed by atoms with Crippen LogP contribution in [0.15, 0.2) is 71.2 Å². The molecule has 31 heavy (non-hydrogen) atoms. The van der Waals surface area contributed by atoms with Gasteiger partial charge in [-0.15, -0.1) is 21.5 Å². The van der Waals surface area contributed by atoms with Gasteiger partial charge in [0.25, 0.3) is 0 Å². The Kier molecular flexibility index (Phi) is 6.69. The zero-order valence-corrected chi connectivity index (χ0v) is 18.9. The summed E-state index contributed by atoms with van der Waals surface area (Å²) in [4.78, 5) is 13.7. The van der Waals surface area contributed by atoms with E-state index in [1.807, 2.05) is 65.4 Å². The molecule has 1 amide bonds. The lowest BCUT2D eigenvalue weighted by atomic mass is 10.2. The van der Waals surface area contributed by atoms with E-state index in [9.17, 15) is 4.79 Å². The molecule has 6 nitrogen and oxygen atoms in total. The summed E-state index contributed by atoms with van der Waals surface area (Å²) in [7, 11) is 0. The van der Waals surface area contributed by atoms with Crippen LogP contribution < -0.4 is 10.1 Å². The van der Waals surface area contributed by atoms with E-state index >= 15 is 0 Å². The number of thioether (sulfide) groups is 1. The molecule has 2 aromatic carbocycles. The Hall–Kier alpha value is -3.10. The van der Waals surface area contributed by atoms with Crippen LogP contribution in [0.2, 0.25) is 0 Å². The Morgan fingerprint density at radius 1 is 1.10 bits per heavy atom. The van der Waals surface area contributed by atoms with Crippen LogP contribution in [0.4, 0.5) is 5.69 Å². The van der Waals surface area contributed by atoms with Crippen molar-refractivity contribution < 1.29 is 9.53 Å². The van der Waals surface area contributed by atoms with Gasteiger partial charge in [-0.2, -0.15) is 0 Å². The van der Waals surface area contributed by atoms with Crippen LogP contribution in [-0.2, 0) is 4.79 Å². The molecular formula is C23H22N4O2S2. The van der Waals surface area contributed by atoms with Crippen molar-refractivity contribution >= 4 is 34.7 Å². The number of benzene rings is 2. The number of hydrogen-bond donors (Lipinski definition) is 1. The van der Waals surface area contributed by atoms with Gasteiger partial charge in [0.1, 0.15) is 5.75 Å². The molecule has 0 aliphatic rings. The Morgan fingerprint density at radius 2 is 1.90 bits per heavy atom. The number of thiophene rings is 1. The first-order chi connectivity index (χ1) is 15.2. The third-order valence-electron chi connectivity index (χ3n) is 4.46. The van der Waals surface area contributed by atoms with Crippen LogP contribution in [0.1, 0.15) is 12.5 Å². The standard InChI is InChI=1S/C23H22N4O2S2/c1-3-29-19-8-5-4-7-18(19)24-21(28)15-31-23-26-25-22(20-9-6-14-30-20)27(23)17-12-10-16(2)11-13-17/h4-14H,3,15H2,1-2H3,(H,24,28). The molecule has 4 aromatic rings. The first-order valence-electron chi connectivity index (χ1n) is 9.86. The smallest absolute Gasteiger partial charge is 0.234 e. The lowest BCUT2D eigenvalue weighted by Crippen LogP contribution is -2.15. The largest absolute Gasteiger partial charge is 0.492 e. The SMILES string of the molecule is CCOc1ccccc1NC(=O)CSc1nnc(-c2cccs2)n1-c1ccc(C)cc1. The van der Waals surface area contributed by atoms with Gasteiger partial charge in [-0.05, 0) is 49.6 Å². The molecule has 0 aliphatic carbocycles. The molecule has 0 spiro atoms. The molecule has 0 bridgehead atoms. The van der Waals surface area contributed by atoms with Crippen LogP contribution in [0, 0.1) is 6.92 Å². The number of nitrogens with one attached hydrogen (secondary N) is 1. The summed E-state index contributed by atoms with van der Waals surface area (Å²) < 4.78 is 7.58. The van der Waals surface area contributed by atoms with Crippen molar-refractivity contribution in [3.8, 4) is 22.1 Å². The van der Waals surface area contributed by atoms with Crippen molar-refractivity contribution in [2.75, 3.05) is 17.7 Å². The highest BCUT2D eigenvalue weighted by Gasteiger charge is 2.18. The maximum Gasteiger partial charge on any atom is 0.234 e. The van der Waals surface area contributed by atoms with E-state index in [2.05, 4.69) is 34.6 Å². The molecule has 0 saturated heterocycles. The van der Waals surface area contributed by atoms with Crippen LogP contribution in [0.3, 0.4) is 0 Å².